The molecule has 1 amide bonds. The Morgan fingerprint density at radius 1 is 1.24 bits per heavy atom. The standard InChI is InChI=1S/C27H31FN6O3/c1-15-19(13-32-25-24(15)30-5-8-37-25)18-9-16-10-21(31-14-20(16)23(29)22(18)28)34(26(35)36)17-11-27(12-17)3-6-33(2)7-4-27/h9-10,13-14,17,30H,3-8,11-12,29H2,1-2H3,(H,35,36). The van der Waals surface area contributed by atoms with E-state index >= 15 is 4.39 Å². The van der Waals surface area contributed by atoms with Gasteiger partial charge in [0.2, 0.25) is 5.88 Å². The maximum atomic E-state index is 15.5. The van der Waals surface area contributed by atoms with Gasteiger partial charge >= 0.3 is 6.09 Å². The van der Waals surface area contributed by atoms with E-state index in [1.54, 1.807) is 18.3 Å². The highest BCUT2D eigenvalue weighted by Gasteiger charge is 2.49. The summed E-state index contributed by atoms with van der Waals surface area (Å²) in [7, 11) is 2.13. The number of nitrogen functional groups attached to an aromatic ring is 1. The van der Waals surface area contributed by atoms with Crippen LogP contribution in [0.2, 0.25) is 0 Å². The molecule has 194 valence electrons. The van der Waals surface area contributed by atoms with Crippen molar-refractivity contribution in [2.45, 2.75) is 38.6 Å². The molecule has 6 rings (SSSR count). The number of hydrogen-bond donors (Lipinski definition) is 3. The number of hydrogen-bond acceptors (Lipinski definition) is 7. The summed E-state index contributed by atoms with van der Waals surface area (Å²) in [5, 5.41) is 14.5. The number of carboxylic acid groups (broad SMARTS) is 1. The number of halogens is 1. The van der Waals surface area contributed by atoms with Crippen molar-refractivity contribution in [1.82, 2.24) is 14.9 Å². The third-order valence-corrected chi connectivity index (χ3v) is 8.42. The first-order valence-corrected chi connectivity index (χ1v) is 12.7. The normalized spacial score (nSPS) is 19.1. The van der Waals surface area contributed by atoms with Gasteiger partial charge in [-0.05, 0) is 81.2 Å². The summed E-state index contributed by atoms with van der Waals surface area (Å²) >= 11 is 0. The van der Waals surface area contributed by atoms with E-state index in [9.17, 15) is 9.90 Å². The summed E-state index contributed by atoms with van der Waals surface area (Å²) in [6.07, 6.45) is 5.87. The highest BCUT2D eigenvalue weighted by atomic mass is 19.1. The molecule has 9 nitrogen and oxygen atoms in total. The lowest BCUT2D eigenvalue weighted by molar-refractivity contribution is 0.0237. The predicted octanol–water partition coefficient (Wildman–Crippen LogP) is 4.49. The van der Waals surface area contributed by atoms with Gasteiger partial charge in [0, 0.05) is 41.5 Å². The van der Waals surface area contributed by atoms with Crippen LogP contribution in [0.1, 0.15) is 31.2 Å². The molecule has 0 atom stereocenters. The number of carbonyl (C=O) groups is 1. The molecule has 1 spiro atoms. The van der Waals surface area contributed by atoms with Crippen molar-refractivity contribution in [3.05, 3.63) is 35.9 Å². The zero-order chi connectivity index (χ0) is 25.9. The summed E-state index contributed by atoms with van der Waals surface area (Å²) in [6, 6.07) is 3.28. The Balaban J connectivity index is 1.37. The first-order valence-electron chi connectivity index (χ1n) is 12.7. The van der Waals surface area contributed by atoms with E-state index in [4.69, 9.17) is 10.5 Å². The monoisotopic (exact) mass is 506 g/mol. The molecule has 3 aromatic rings. The van der Waals surface area contributed by atoms with Crippen LogP contribution in [-0.4, -0.2) is 65.4 Å². The fraction of sp³-hybridized carbons (Fsp3) is 0.444. The number of benzene rings is 1. The summed E-state index contributed by atoms with van der Waals surface area (Å²) in [6.45, 7) is 5.13. The first-order chi connectivity index (χ1) is 17.8. The zero-order valence-corrected chi connectivity index (χ0v) is 21.1. The molecule has 10 heteroatoms. The fourth-order valence-corrected chi connectivity index (χ4v) is 6.17. The van der Waals surface area contributed by atoms with Gasteiger partial charge < -0.3 is 25.8 Å². The van der Waals surface area contributed by atoms with Crippen molar-refractivity contribution in [2.75, 3.05) is 49.2 Å². The second-order valence-corrected chi connectivity index (χ2v) is 10.7. The largest absolute Gasteiger partial charge is 0.474 e. The molecule has 1 saturated heterocycles. The third-order valence-electron chi connectivity index (χ3n) is 8.42. The number of anilines is 3. The predicted molar refractivity (Wildman–Crippen MR) is 141 cm³/mol. The Bertz CT molecular complexity index is 1400. The van der Waals surface area contributed by atoms with Gasteiger partial charge in [0.15, 0.2) is 5.82 Å². The summed E-state index contributed by atoms with van der Waals surface area (Å²) in [4.78, 5) is 24.8. The summed E-state index contributed by atoms with van der Waals surface area (Å²) < 4.78 is 21.1. The van der Waals surface area contributed by atoms with E-state index < -0.39 is 11.9 Å². The first kappa shape index (κ1) is 23.7. The fourth-order valence-electron chi connectivity index (χ4n) is 6.17. The molecule has 2 fully saturated rings. The lowest BCUT2D eigenvalue weighted by Gasteiger charge is -2.54. The summed E-state index contributed by atoms with van der Waals surface area (Å²) in [5.74, 6) is 0.273. The van der Waals surface area contributed by atoms with E-state index in [1.165, 1.54) is 11.1 Å². The molecule has 37 heavy (non-hydrogen) atoms. The van der Waals surface area contributed by atoms with Gasteiger partial charge in [-0.2, -0.15) is 0 Å². The van der Waals surface area contributed by atoms with Gasteiger partial charge in [0.25, 0.3) is 0 Å². The number of ether oxygens (including phenoxy) is 1. The van der Waals surface area contributed by atoms with Crippen LogP contribution in [0.3, 0.4) is 0 Å². The number of aromatic nitrogens is 2. The Labute approximate surface area is 214 Å². The van der Waals surface area contributed by atoms with Crippen molar-refractivity contribution in [3.63, 3.8) is 0 Å². The van der Waals surface area contributed by atoms with Gasteiger partial charge in [-0.15, -0.1) is 0 Å². The van der Waals surface area contributed by atoms with Crippen LogP contribution in [0.15, 0.2) is 24.5 Å². The number of amides is 1. The number of piperidine rings is 1. The van der Waals surface area contributed by atoms with Crippen LogP contribution in [0.25, 0.3) is 21.9 Å². The third kappa shape index (κ3) is 3.90. The van der Waals surface area contributed by atoms with Crippen molar-refractivity contribution in [1.29, 1.82) is 0 Å². The Hall–Kier alpha value is -3.66. The van der Waals surface area contributed by atoms with Crippen LogP contribution in [-0.2, 0) is 0 Å². The van der Waals surface area contributed by atoms with Gasteiger partial charge in [-0.3, -0.25) is 4.90 Å². The van der Waals surface area contributed by atoms with Gasteiger partial charge in [0.1, 0.15) is 18.1 Å². The average molecular weight is 507 g/mol. The smallest absolute Gasteiger partial charge is 0.413 e. The molecule has 0 radical (unpaired) electrons. The van der Waals surface area contributed by atoms with E-state index in [2.05, 4.69) is 27.2 Å². The average Bonchev–Trinajstić information content (AvgIpc) is 2.87. The number of nitrogens with zero attached hydrogens (tertiary/aromatic N) is 4. The minimum atomic E-state index is -1.03. The van der Waals surface area contributed by atoms with Crippen molar-refractivity contribution in [2.24, 2.45) is 5.41 Å². The van der Waals surface area contributed by atoms with E-state index in [0.29, 0.717) is 46.7 Å². The molecule has 1 aliphatic carbocycles. The number of nitrogens with two attached hydrogens (primary N) is 1. The lowest BCUT2D eigenvalue weighted by atomic mass is 9.60. The minimum absolute atomic E-state index is 0.0244. The molecule has 2 aliphatic heterocycles. The van der Waals surface area contributed by atoms with Crippen molar-refractivity contribution >= 4 is 34.1 Å². The van der Waals surface area contributed by atoms with Crippen LogP contribution < -0.4 is 20.7 Å². The van der Waals surface area contributed by atoms with E-state index in [-0.39, 0.29) is 17.1 Å². The van der Waals surface area contributed by atoms with Crippen LogP contribution in [0.4, 0.5) is 26.4 Å². The highest BCUT2D eigenvalue weighted by Crippen LogP contribution is 2.51. The molecule has 0 unspecified atom stereocenters. The topological polar surface area (TPSA) is 117 Å². The molecule has 4 heterocycles. The molecular formula is C27H31FN6O3. The van der Waals surface area contributed by atoms with Crippen LogP contribution in [0.5, 0.6) is 5.88 Å². The maximum absolute atomic E-state index is 15.5. The summed E-state index contributed by atoms with van der Waals surface area (Å²) in [5.41, 5.74) is 8.86. The van der Waals surface area contributed by atoms with Crippen molar-refractivity contribution < 1.29 is 19.0 Å². The molecule has 1 aromatic carbocycles. The number of rotatable bonds is 3. The zero-order valence-electron chi connectivity index (χ0n) is 21.1. The Morgan fingerprint density at radius 2 is 2.00 bits per heavy atom. The van der Waals surface area contributed by atoms with E-state index in [1.807, 2.05) is 6.92 Å². The molecule has 0 bridgehead atoms. The Morgan fingerprint density at radius 3 is 2.73 bits per heavy atom. The highest BCUT2D eigenvalue weighted by molar-refractivity contribution is 6.00. The van der Waals surface area contributed by atoms with Gasteiger partial charge in [-0.1, -0.05) is 0 Å². The number of pyridine rings is 2. The van der Waals surface area contributed by atoms with Crippen LogP contribution in [0, 0.1) is 18.2 Å². The number of nitrogens with one attached hydrogen (secondary N) is 1. The molecule has 2 aromatic heterocycles. The molecular weight excluding hydrogens is 475 g/mol. The molecule has 1 saturated carbocycles. The van der Waals surface area contributed by atoms with Gasteiger partial charge in [-0.25, -0.2) is 19.2 Å². The minimum Gasteiger partial charge on any atom is -0.474 e. The quantitative estimate of drug-likeness (QED) is 0.445. The van der Waals surface area contributed by atoms with Crippen LogP contribution >= 0.6 is 0 Å². The maximum Gasteiger partial charge on any atom is 0.413 e. The second-order valence-electron chi connectivity index (χ2n) is 10.7. The van der Waals surface area contributed by atoms with Gasteiger partial charge in [0.05, 0.1) is 5.69 Å². The van der Waals surface area contributed by atoms with Crippen molar-refractivity contribution in [3.8, 4) is 17.0 Å². The second kappa shape index (κ2) is 8.72. The lowest BCUT2D eigenvalue weighted by Crippen LogP contribution is -2.56. The number of fused-ring (bicyclic) bond motifs is 2. The Kier molecular flexibility index (Phi) is 5.59. The molecule has 3 aliphatic rings. The number of likely N-dealkylation sites (tertiary alicyclic amines) is 1. The van der Waals surface area contributed by atoms with E-state index in [0.717, 1.165) is 50.0 Å². The SMILES string of the molecule is Cc1c(-c2cc3cc(N(C(=O)O)C4CC5(CCN(C)CC5)C4)ncc3c(N)c2F)cnc2c1NCCO2. The molecule has 4 N–H and O–H groups in total.